The Bertz CT molecular complexity index is 1750. The van der Waals surface area contributed by atoms with E-state index in [4.69, 9.17) is 4.74 Å². The summed E-state index contributed by atoms with van der Waals surface area (Å²) in [7, 11) is 0. The molecule has 0 N–H and O–H groups in total. The number of pyridine rings is 1. The second kappa shape index (κ2) is 12.9. The van der Waals surface area contributed by atoms with Crippen LogP contribution in [0.2, 0.25) is 0 Å². The Labute approximate surface area is 249 Å². The summed E-state index contributed by atoms with van der Waals surface area (Å²) in [5.41, 5.74) is 1.30. The minimum absolute atomic E-state index is 0.158. The Kier molecular flexibility index (Phi) is 9.04. The number of benzene rings is 4. The minimum Gasteiger partial charge on any atom is -0.429 e. The number of aryl methyl sites for hydroxylation is 1. The van der Waals surface area contributed by atoms with Crippen LogP contribution in [0.4, 0.5) is 30.7 Å². The van der Waals surface area contributed by atoms with E-state index >= 15 is 0 Å². The van der Waals surface area contributed by atoms with Crippen molar-refractivity contribution >= 4 is 0 Å². The highest BCUT2D eigenvalue weighted by Gasteiger charge is 2.37. The van der Waals surface area contributed by atoms with Gasteiger partial charge in [0.1, 0.15) is 17.4 Å². The summed E-state index contributed by atoms with van der Waals surface area (Å²) in [6.07, 6.45) is 1.82. The molecule has 5 aromatic rings. The van der Waals surface area contributed by atoms with Crippen molar-refractivity contribution in [2.45, 2.75) is 38.7 Å². The van der Waals surface area contributed by atoms with Crippen molar-refractivity contribution in [3.05, 3.63) is 131 Å². The molecule has 0 saturated carbocycles. The standard InChI is InChI=1S/C35H26F7NO/c1-2-3-4-5-21-6-15-33(43-20-21)24-10-14-28(30(37)17-24)35(41,42)44-26-11-7-22(8-12-26)23-9-13-27(29(36)16-23)25-18-31(38)34(40)32(39)19-25/h6-20H,2-5H2,1H3. The topological polar surface area (TPSA) is 22.1 Å². The lowest BCUT2D eigenvalue weighted by Gasteiger charge is -2.19. The van der Waals surface area contributed by atoms with Crippen LogP contribution in [0.15, 0.2) is 91.1 Å². The van der Waals surface area contributed by atoms with Crippen LogP contribution in [0.1, 0.15) is 37.3 Å². The van der Waals surface area contributed by atoms with E-state index < -0.39 is 40.8 Å². The van der Waals surface area contributed by atoms with E-state index in [1.165, 1.54) is 42.5 Å². The molecule has 44 heavy (non-hydrogen) atoms. The molecule has 0 bridgehead atoms. The van der Waals surface area contributed by atoms with E-state index in [0.717, 1.165) is 49.4 Å². The molecule has 0 saturated heterocycles. The number of halogens is 7. The van der Waals surface area contributed by atoms with Crippen LogP contribution in [-0.4, -0.2) is 4.98 Å². The van der Waals surface area contributed by atoms with Crippen molar-refractivity contribution in [2.75, 3.05) is 0 Å². The molecule has 1 heterocycles. The number of rotatable bonds is 10. The van der Waals surface area contributed by atoms with Gasteiger partial charge >= 0.3 is 6.11 Å². The summed E-state index contributed by atoms with van der Waals surface area (Å²) in [6, 6.07) is 17.3. The van der Waals surface area contributed by atoms with Crippen LogP contribution >= 0.6 is 0 Å². The summed E-state index contributed by atoms with van der Waals surface area (Å²) in [4.78, 5) is 4.34. The van der Waals surface area contributed by atoms with E-state index in [1.54, 1.807) is 12.3 Å². The molecule has 5 rings (SSSR count). The average Bonchev–Trinajstić information content (AvgIpc) is 3.00. The van der Waals surface area contributed by atoms with Gasteiger partial charge in [-0.1, -0.05) is 56.2 Å². The van der Waals surface area contributed by atoms with Crippen LogP contribution in [0.5, 0.6) is 5.75 Å². The van der Waals surface area contributed by atoms with E-state index in [9.17, 15) is 30.7 Å². The Morgan fingerprint density at radius 1 is 0.636 bits per heavy atom. The molecular weight excluding hydrogens is 583 g/mol. The molecule has 0 unspecified atom stereocenters. The quantitative estimate of drug-likeness (QED) is 0.0893. The van der Waals surface area contributed by atoms with Crippen LogP contribution < -0.4 is 4.74 Å². The third kappa shape index (κ3) is 6.77. The molecule has 0 aliphatic rings. The molecule has 226 valence electrons. The van der Waals surface area contributed by atoms with Gasteiger partial charge in [-0.15, -0.1) is 0 Å². The van der Waals surface area contributed by atoms with Gasteiger partial charge in [-0.25, -0.2) is 22.0 Å². The summed E-state index contributed by atoms with van der Waals surface area (Å²) < 4.78 is 105. The van der Waals surface area contributed by atoms with Crippen molar-refractivity contribution in [3.8, 4) is 39.3 Å². The van der Waals surface area contributed by atoms with Crippen LogP contribution in [0, 0.1) is 29.1 Å². The van der Waals surface area contributed by atoms with Gasteiger partial charge < -0.3 is 4.74 Å². The molecule has 0 aliphatic heterocycles. The number of hydrogen-bond donors (Lipinski definition) is 0. The van der Waals surface area contributed by atoms with Gasteiger partial charge in [0, 0.05) is 17.3 Å². The molecule has 0 aliphatic carbocycles. The molecule has 4 aromatic carbocycles. The zero-order valence-corrected chi connectivity index (χ0v) is 23.5. The lowest BCUT2D eigenvalue weighted by Crippen LogP contribution is -2.23. The zero-order valence-electron chi connectivity index (χ0n) is 23.5. The maximum Gasteiger partial charge on any atom is 0.429 e. The fourth-order valence-corrected chi connectivity index (χ4v) is 4.79. The predicted octanol–water partition coefficient (Wildman–Crippen LogP) is 10.6. The fourth-order valence-electron chi connectivity index (χ4n) is 4.79. The van der Waals surface area contributed by atoms with Gasteiger partial charge in [-0.2, -0.15) is 8.78 Å². The number of aromatic nitrogens is 1. The first-order valence-corrected chi connectivity index (χ1v) is 13.9. The van der Waals surface area contributed by atoms with Crippen molar-refractivity contribution in [1.82, 2.24) is 4.98 Å². The van der Waals surface area contributed by atoms with Crippen molar-refractivity contribution < 1.29 is 35.5 Å². The summed E-state index contributed by atoms with van der Waals surface area (Å²) in [5, 5.41) is 0. The highest BCUT2D eigenvalue weighted by molar-refractivity contribution is 5.71. The normalized spacial score (nSPS) is 11.5. The Balaban J connectivity index is 1.28. The number of hydrogen-bond acceptors (Lipinski definition) is 2. The molecule has 0 amide bonds. The minimum atomic E-state index is -4.01. The smallest absolute Gasteiger partial charge is 0.429 e. The van der Waals surface area contributed by atoms with Gasteiger partial charge in [-0.05, 0) is 83.6 Å². The largest absolute Gasteiger partial charge is 0.429 e. The highest BCUT2D eigenvalue weighted by atomic mass is 19.3. The molecule has 1 aromatic heterocycles. The molecule has 0 spiro atoms. The van der Waals surface area contributed by atoms with Gasteiger partial charge in [0.25, 0.3) is 0 Å². The first-order valence-electron chi connectivity index (χ1n) is 13.9. The number of alkyl halides is 2. The zero-order chi connectivity index (χ0) is 31.4. The van der Waals surface area contributed by atoms with E-state index in [1.807, 2.05) is 6.07 Å². The Morgan fingerprint density at radius 2 is 1.27 bits per heavy atom. The summed E-state index contributed by atoms with van der Waals surface area (Å²) in [6.45, 7) is 2.12. The summed E-state index contributed by atoms with van der Waals surface area (Å²) in [5.74, 6) is -6.82. The number of unbranched alkanes of at least 4 members (excludes halogenated alkanes) is 2. The second-order valence-corrected chi connectivity index (χ2v) is 10.3. The maximum atomic E-state index is 15.0. The van der Waals surface area contributed by atoms with Gasteiger partial charge in [0.05, 0.1) is 11.3 Å². The highest BCUT2D eigenvalue weighted by Crippen LogP contribution is 2.36. The van der Waals surface area contributed by atoms with Gasteiger partial charge in [0.15, 0.2) is 17.5 Å². The van der Waals surface area contributed by atoms with Gasteiger partial charge in [0.2, 0.25) is 0 Å². The monoisotopic (exact) mass is 609 g/mol. The molecule has 0 fully saturated rings. The molecule has 9 heteroatoms. The van der Waals surface area contributed by atoms with Crippen molar-refractivity contribution in [3.63, 3.8) is 0 Å². The third-order valence-electron chi connectivity index (χ3n) is 7.17. The van der Waals surface area contributed by atoms with Crippen LogP contribution in [0.3, 0.4) is 0 Å². The third-order valence-corrected chi connectivity index (χ3v) is 7.17. The van der Waals surface area contributed by atoms with Crippen molar-refractivity contribution in [2.24, 2.45) is 0 Å². The molecule has 2 nitrogen and oxygen atoms in total. The Morgan fingerprint density at radius 3 is 1.89 bits per heavy atom. The second-order valence-electron chi connectivity index (χ2n) is 10.3. The predicted molar refractivity (Wildman–Crippen MR) is 155 cm³/mol. The Hall–Kier alpha value is -4.66. The van der Waals surface area contributed by atoms with Crippen LogP contribution in [0.25, 0.3) is 33.5 Å². The molecule has 0 radical (unpaired) electrons. The van der Waals surface area contributed by atoms with E-state index in [0.29, 0.717) is 34.5 Å². The first kappa shape index (κ1) is 30.8. The molecule has 0 atom stereocenters. The molecular formula is C35H26F7NO. The number of ether oxygens (including phenoxy) is 1. The van der Waals surface area contributed by atoms with E-state index in [-0.39, 0.29) is 16.9 Å². The van der Waals surface area contributed by atoms with E-state index in [2.05, 4.69) is 11.9 Å². The van der Waals surface area contributed by atoms with Crippen LogP contribution in [-0.2, 0) is 12.5 Å². The van der Waals surface area contributed by atoms with Gasteiger partial charge in [-0.3, -0.25) is 4.98 Å². The SMILES string of the molecule is CCCCCc1ccc(-c2ccc(C(F)(F)Oc3ccc(-c4ccc(-c5cc(F)c(F)c(F)c5)c(F)c4)cc3)c(F)c2)nc1. The lowest BCUT2D eigenvalue weighted by atomic mass is 9.99. The fraction of sp³-hybridized carbons (Fsp3) is 0.171. The maximum absolute atomic E-state index is 15.0. The average molecular weight is 610 g/mol. The summed E-state index contributed by atoms with van der Waals surface area (Å²) >= 11 is 0. The number of nitrogens with zero attached hydrogens (tertiary/aromatic N) is 1. The lowest BCUT2D eigenvalue weighted by molar-refractivity contribution is -0.187. The van der Waals surface area contributed by atoms with Crippen molar-refractivity contribution in [1.29, 1.82) is 0 Å². The first-order chi connectivity index (χ1) is 21.1.